The highest BCUT2D eigenvalue weighted by Crippen LogP contribution is 2.32. The topological polar surface area (TPSA) is 52.6 Å². The Balaban J connectivity index is 2.61. The van der Waals surface area contributed by atoms with Gasteiger partial charge in [0.2, 0.25) is 0 Å². The van der Waals surface area contributed by atoms with Gasteiger partial charge in [-0.25, -0.2) is 0 Å². The summed E-state index contributed by atoms with van der Waals surface area (Å²) in [7, 11) is 0. The number of carbonyl (C=O) groups is 2. The largest absolute Gasteiger partial charge is 0.347 e. The number of ether oxygens (including phenoxy) is 2. The van der Waals surface area contributed by atoms with Crippen molar-refractivity contribution in [1.82, 2.24) is 0 Å². The molecule has 0 radical (unpaired) electrons. The molecule has 80 valence electrons. The van der Waals surface area contributed by atoms with Gasteiger partial charge in [0.1, 0.15) is 5.78 Å². The Morgan fingerprint density at radius 1 is 1.50 bits per heavy atom. The van der Waals surface area contributed by atoms with E-state index in [0.717, 1.165) is 6.29 Å². The monoisotopic (exact) mass is 200 g/mol. The average Bonchev–Trinajstić information content (AvgIpc) is 2.40. The summed E-state index contributed by atoms with van der Waals surface area (Å²) >= 11 is 0. The maximum absolute atomic E-state index is 10.9. The minimum absolute atomic E-state index is 0.0551. The predicted molar refractivity (Wildman–Crippen MR) is 49.8 cm³/mol. The third-order valence-corrected chi connectivity index (χ3v) is 2.23. The van der Waals surface area contributed by atoms with E-state index in [1.165, 1.54) is 6.92 Å². The lowest BCUT2D eigenvalue weighted by Gasteiger charge is -2.23. The summed E-state index contributed by atoms with van der Waals surface area (Å²) in [4.78, 5) is 21.7. The minimum Gasteiger partial charge on any atom is -0.347 e. The van der Waals surface area contributed by atoms with Gasteiger partial charge in [0.15, 0.2) is 17.7 Å². The fourth-order valence-corrected chi connectivity index (χ4v) is 1.47. The zero-order chi connectivity index (χ0) is 10.8. The molecule has 0 aliphatic carbocycles. The molecule has 0 N–H and O–H groups in total. The Kier molecular flexibility index (Phi) is 3.07. The van der Waals surface area contributed by atoms with Crippen LogP contribution in [0.4, 0.5) is 0 Å². The van der Waals surface area contributed by atoms with Gasteiger partial charge in [-0.3, -0.25) is 0 Å². The first-order chi connectivity index (χ1) is 6.39. The van der Waals surface area contributed by atoms with E-state index in [0.29, 0.717) is 12.8 Å². The molecule has 1 aliphatic rings. The SMILES string of the molecule is CC(=O)CC[C@@]1(C=O)COC(C)(C)O1. The quantitative estimate of drug-likeness (QED) is 0.637. The van der Waals surface area contributed by atoms with Crippen molar-refractivity contribution >= 4 is 12.1 Å². The van der Waals surface area contributed by atoms with Crippen molar-refractivity contribution in [3.05, 3.63) is 0 Å². The molecule has 0 saturated carbocycles. The molecule has 0 aromatic carbocycles. The summed E-state index contributed by atoms with van der Waals surface area (Å²) in [6.07, 6.45) is 1.48. The Hall–Kier alpha value is -0.740. The Morgan fingerprint density at radius 2 is 2.14 bits per heavy atom. The van der Waals surface area contributed by atoms with E-state index in [1.54, 1.807) is 13.8 Å². The van der Waals surface area contributed by atoms with E-state index < -0.39 is 11.4 Å². The van der Waals surface area contributed by atoms with Gasteiger partial charge in [0, 0.05) is 6.42 Å². The highest BCUT2D eigenvalue weighted by Gasteiger charge is 2.45. The van der Waals surface area contributed by atoms with Gasteiger partial charge in [-0.2, -0.15) is 0 Å². The van der Waals surface area contributed by atoms with E-state index in [-0.39, 0.29) is 12.4 Å². The summed E-state index contributed by atoms with van der Waals surface area (Å²) < 4.78 is 10.8. The molecule has 0 bridgehead atoms. The normalized spacial score (nSPS) is 30.2. The molecule has 1 saturated heterocycles. The number of rotatable bonds is 4. The van der Waals surface area contributed by atoms with Crippen molar-refractivity contribution in [3.63, 3.8) is 0 Å². The predicted octanol–water partition coefficient (Wildman–Crippen LogP) is 1.08. The van der Waals surface area contributed by atoms with Crippen LogP contribution < -0.4 is 0 Å². The van der Waals surface area contributed by atoms with Crippen LogP contribution in [0, 0.1) is 0 Å². The molecule has 0 spiro atoms. The molecule has 1 aliphatic heterocycles. The molecule has 1 rings (SSSR count). The Labute approximate surface area is 83.6 Å². The van der Waals surface area contributed by atoms with Crippen molar-refractivity contribution in [3.8, 4) is 0 Å². The smallest absolute Gasteiger partial charge is 0.164 e. The second kappa shape index (κ2) is 3.79. The third kappa shape index (κ3) is 2.62. The fourth-order valence-electron chi connectivity index (χ4n) is 1.47. The lowest BCUT2D eigenvalue weighted by Crippen LogP contribution is -2.36. The number of hydrogen-bond donors (Lipinski definition) is 0. The van der Waals surface area contributed by atoms with Crippen LogP contribution in [0.2, 0.25) is 0 Å². The van der Waals surface area contributed by atoms with Crippen molar-refractivity contribution in [2.45, 2.75) is 45.0 Å². The van der Waals surface area contributed by atoms with Gasteiger partial charge < -0.3 is 19.1 Å². The average molecular weight is 200 g/mol. The van der Waals surface area contributed by atoms with Crippen LogP contribution in [-0.4, -0.2) is 30.1 Å². The number of carbonyl (C=O) groups excluding carboxylic acids is 2. The first kappa shape index (κ1) is 11.3. The van der Waals surface area contributed by atoms with E-state index >= 15 is 0 Å². The summed E-state index contributed by atoms with van der Waals surface area (Å²) in [5.74, 6) is -0.669. The molecule has 1 fully saturated rings. The van der Waals surface area contributed by atoms with Crippen LogP contribution in [0.25, 0.3) is 0 Å². The first-order valence-corrected chi connectivity index (χ1v) is 4.69. The summed E-state index contributed by atoms with van der Waals surface area (Å²) in [5.41, 5.74) is -0.921. The zero-order valence-electron chi connectivity index (χ0n) is 8.83. The second-order valence-electron chi connectivity index (χ2n) is 4.18. The molecule has 0 aromatic heterocycles. The van der Waals surface area contributed by atoms with Crippen LogP contribution in [0.5, 0.6) is 0 Å². The first-order valence-electron chi connectivity index (χ1n) is 4.69. The standard InChI is InChI=1S/C10H16O4/c1-8(12)4-5-10(6-11)7-13-9(2,3)14-10/h6H,4-5,7H2,1-3H3/t10-/m1/s1. The van der Waals surface area contributed by atoms with Gasteiger partial charge in [-0.15, -0.1) is 0 Å². The molecule has 0 unspecified atom stereocenters. The lowest BCUT2D eigenvalue weighted by atomic mass is 9.99. The van der Waals surface area contributed by atoms with Gasteiger partial charge in [0.05, 0.1) is 6.61 Å². The van der Waals surface area contributed by atoms with Crippen molar-refractivity contribution in [1.29, 1.82) is 0 Å². The molecule has 1 heterocycles. The molecular weight excluding hydrogens is 184 g/mol. The van der Waals surface area contributed by atoms with E-state index in [9.17, 15) is 9.59 Å². The Bertz CT molecular complexity index is 247. The molecule has 4 heteroatoms. The van der Waals surface area contributed by atoms with Crippen molar-refractivity contribution in [2.75, 3.05) is 6.61 Å². The van der Waals surface area contributed by atoms with Gasteiger partial charge >= 0.3 is 0 Å². The van der Waals surface area contributed by atoms with E-state index in [2.05, 4.69) is 0 Å². The molecule has 0 amide bonds. The van der Waals surface area contributed by atoms with Crippen LogP contribution in [0.1, 0.15) is 33.6 Å². The highest BCUT2D eigenvalue weighted by molar-refractivity contribution is 5.76. The summed E-state index contributed by atoms with van der Waals surface area (Å²) in [6.45, 7) is 5.24. The highest BCUT2D eigenvalue weighted by atomic mass is 16.8. The van der Waals surface area contributed by atoms with Crippen LogP contribution in [0.15, 0.2) is 0 Å². The number of aldehydes is 1. The molecule has 1 atom stereocenters. The van der Waals surface area contributed by atoms with Gasteiger partial charge in [0.25, 0.3) is 0 Å². The van der Waals surface area contributed by atoms with Crippen molar-refractivity contribution in [2.24, 2.45) is 0 Å². The fraction of sp³-hybridized carbons (Fsp3) is 0.800. The third-order valence-electron chi connectivity index (χ3n) is 2.23. The lowest BCUT2D eigenvalue weighted by molar-refractivity contribution is -0.166. The summed E-state index contributed by atoms with van der Waals surface area (Å²) in [5, 5.41) is 0. The second-order valence-corrected chi connectivity index (χ2v) is 4.18. The molecule has 14 heavy (non-hydrogen) atoms. The number of ketones is 1. The van der Waals surface area contributed by atoms with Crippen LogP contribution in [0.3, 0.4) is 0 Å². The maximum Gasteiger partial charge on any atom is 0.164 e. The van der Waals surface area contributed by atoms with Gasteiger partial charge in [-0.05, 0) is 27.2 Å². The molecule has 4 nitrogen and oxygen atoms in total. The van der Waals surface area contributed by atoms with Crippen LogP contribution >= 0.6 is 0 Å². The van der Waals surface area contributed by atoms with Gasteiger partial charge in [-0.1, -0.05) is 0 Å². The van der Waals surface area contributed by atoms with Crippen molar-refractivity contribution < 1.29 is 19.1 Å². The zero-order valence-corrected chi connectivity index (χ0v) is 8.83. The molecule has 0 aromatic rings. The number of Topliss-reactive ketones (excluding diaryl/α,β-unsaturated/α-hetero) is 1. The molecular formula is C10H16O4. The maximum atomic E-state index is 10.9. The van der Waals surface area contributed by atoms with Crippen LogP contribution in [-0.2, 0) is 19.1 Å². The van der Waals surface area contributed by atoms with E-state index in [1.807, 2.05) is 0 Å². The summed E-state index contributed by atoms with van der Waals surface area (Å²) in [6, 6.07) is 0. The Morgan fingerprint density at radius 3 is 2.50 bits per heavy atom. The minimum atomic E-state index is -0.921. The van der Waals surface area contributed by atoms with E-state index in [4.69, 9.17) is 9.47 Å². The number of hydrogen-bond acceptors (Lipinski definition) is 4.